The van der Waals surface area contributed by atoms with Gasteiger partial charge in [-0.3, -0.25) is 4.79 Å². The highest BCUT2D eigenvalue weighted by molar-refractivity contribution is 5.50. The highest BCUT2D eigenvalue weighted by Gasteiger charge is 2.29. The smallest absolute Gasteiger partial charge is 0.266 e. The SMILES string of the molecule is CC(C)[C@H]1OCCC[C@H]1Nc1cc(N2CCc3nn(C)c(=O)cc3C2)ncn1. The Morgan fingerprint density at radius 1 is 1.29 bits per heavy atom. The van der Waals surface area contributed by atoms with Gasteiger partial charge >= 0.3 is 0 Å². The van der Waals surface area contributed by atoms with Crippen LogP contribution in [0.4, 0.5) is 11.6 Å². The van der Waals surface area contributed by atoms with Gasteiger partial charge in [-0.05, 0) is 18.8 Å². The van der Waals surface area contributed by atoms with Gasteiger partial charge < -0.3 is 15.0 Å². The van der Waals surface area contributed by atoms with E-state index in [0.717, 1.165) is 55.3 Å². The molecule has 4 rings (SSSR count). The summed E-state index contributed by atoms with van der Waals surface area (Å²) in [4.78, 5) is 23.0. The van der Waals surface area contributed by atoms with Gasteiger partial charge in [0.2, 0.25) is 0 Å². The molecule has 1 fully saturated rings. The Morgan fingerprint density at radius 2 is 2.14 bits per heavy atom. The van der Waals surface area contributed by atoms with Gasteiger partial charge in [-0.25, -0.2) is 14.6 Å². The van der Waals surface area contributed by atoms with Crippen molar-refractivity contribution < 1.29 is 4.74 Å². The van der Waals surface area contributed by atoms with Crippen LogP contribution >= 0.6 is 0 Å². The van der Waals surface area contributed by atoms with Gasteiger partial charge in [0.05, 0.1) is 17.8 Å². The first kappa shape index (κ1) is 18.9. The van der Waals surface area contributed by atoms with Crippen molar-refractivity contribution in [3.8, 4) is 0 Å². The Balaban J connectivity index is 1.51. The van der Waals surface area contributed by atoms with Gasteiger partial charge in [0.25, 0.3) is 5.56 Å². The van der Waals surface area contributed by atoms with E-state index in [2.05, 4.69) is 39.1 Å². The first-order valence-electron chi connectivity index (χ1n) is 10.0. The Bertz CT molecular complexity index is 897. The van der Waals surface area contributed by atoms with Gasteiger partial charge in [0, 0.05) is 50.9 Å². The molecule has 0 spiro atoms. The lowest BCUT2D eigenvalue weighted by atomic mass is 9.93. The molecule has 0 amide bonds. The van der Waals surface area contributed by atoms with Crippen molar-refractivity contribution in [1.82, 2.24) is 19.7 Å². The molecule has 0 bridgehead atoms. The summed E-state index contributed by atoms with van der Waals surface area (Å²) in [5.41, 5.74) is 1.88. The second-order valence-corrected chi connectivity index (χ2v) is 7.98. The van der Waals surface area contributed by atoms with E-state index >= 15 is 0 Å². The number of hydrogen-bond donors (Lipinski definition) is 1. The van der Waals surface area contributed by atoms with Crippen LogP contribution in [0.25, 0.3) is 0 Å². The average Bonchev–Trinajstić information content (AvgIpc) is 2.69. The van der Waals surface area contributed by atoms with E-state index in [4.69, 9.17) is 4.74 Å². The Kier molecular flexibility index (Phi) is 5.30. The normalized spacial score (nSPS) is 22.2. The van der Waals surface area contributed by atoms with Gasteiger partial charge in [-0.1, -0.05) is 13.8 Å². The monoisotopic (exact) mass is 384 g/mol. The lowest BCUT2D eigenvalue weighted by Crippen LogP contribution is -2.43. The van der Waals surface area contributed by atoms with Crippen molar-refractivity contribution in [2.75, 3.05) is 23.4 Å². The second-order valence-electron chi connectivity index (χ2n) is 7.98. The molecular formula is C20H28N6O2. The third-order valence-corrected chi connectivity index (χ3v) is 5.57. The Morgan fingerprint density at radius 3 is 2.96 bits per heavy atom. The number of aromatic nitrogens is 4. The molecular weight excluding hydrogens is 356 g/mol. The highest BCUT2D eigenvalue weighted by atomic mass is 16.5. The van der Waals surface area contributed by atoms with E-state index in [0.29, 0.717) is 12.5 Å². The third-order valence-electron chi connectivity index (χ3n) is 5.57. The van der Waals surface area contributed by atoms with Crippen molar-refractivity contribution in [2.24, 2.45) is 13.0 Å². The minimum absolute atomic E-state index is 0.0809. The summed E-state index contributed by atoms with van der Waals surface area (Å²) in [5.74, 6) is 2.13. The number of aryl methyl sites for hydroxylation is 1. The summed E-state index contributed by atoms with van der Waals surface area (Å²) >= 11 is 0. The molecule has 0 aromatic carbocycles. The maximum Gasteiger partial charge on any atom is 0.266 e. The predicted molar refractivity (Wildman–Crippen MR) is 107 cm³/mol. The summed E-state index contributed by atoms with van der Waals surface area (Å²) in [6.07, 6.45) is 4.72. The van der Waals surface area contributed by atoms with Crippen LogP contribution < -0.4 is 15.8 Å². The largest absolute Gasteiger partial charge is 0.376 e. The summed E-state index contributed by atoms with van der Waals surface area (Å²) in [6.45, 7) is 6.67. The molecule has 8 heteroatoms. The van der Waals surface area contributed by atoms with Crippen LogP contribution in [0.3, 0.4) is 0 Å². The van der Waals surface area contributed by atoms with Crippen LogP contribution in [-0.2, 0) is 24.8 Å². The molecule has 8 nitrogen and oxygen atoms in total. The van der Waals surface area contributed by atoms with Crippen LogP contribution in [-0.4, -0.2) is 45.0 Å². The number of nitrogens with one attached hydrogen (secondary N) is 1. The van der Waals surface area contributed by atoms with Crippen molar-refractivity contribution in [1.29, 1.82) is 0 Å². The molecule has 4 heterocycles. The summed E-state index contributed by atoms with van der Waals surface area (Å²) < 4.78 is 7.38. The highest BCUT2D eigenvalue weighted by Crippen LogP contribution is 2.26. The van der Waals surface area contributed by atoms with E-state index in [-0.39, 0.29) is 17.7 Å². The zero-order chi connectivity index (χ0) is 19.7. The molecule has 150 valence electrons. The molecule has 2 aromatic rings. The topological polar surface area (TPSA) is 85.2 Å². The number of ether oxygens (including phenoxy) is 1. The second kappa shape index (κ2) is 7.87. The van der Waals surface area contributed by atoms with E-state index in [1.54, 1.807) is 19.4 Å². The third kappa shape index (κ3) is 3.87. The standard InChI is InChI=1S/C20H28N6O2/c1-13(2)20-16(5-4-8-28-20)23-17-10-18(22-12-21-17)26-7-6-15-14(11-26)9-19(27)25(3)24-15/h9-10,12-13,16,20H,4-8,11H2,1-3H3,(H,21,22,23)/t16-,20-/m1/s1. The Labute approximate surface area is 164 Å². The van der Waals surface area contributed by atoms with Crippen molar-refractivity contribution >= 4 is 11.6 Å². The Hall–Kier alpha value is -2.48. The lowest BCUT2D eigenvalue weighted by Gasteiger charge is -2.35. The van der Waals surface area contributed by atoms with Crippen LogP contribution in [0, 0.1) is 5.92 Å². The molecule has 2 aliphatic heterocycles. The molecule has 2 aromatic heterocycles. The van der Waals surface area contributed by atoms with Gasteiger partial charge in [-0.2, -0.15) is 5.10 Å². The van der Waals surface area contributed by atoms with Crippen molar-refractivity contribution in [3.63, 3.8) is 0 Å². The van der Waals surface area contributed by atoms with E-state index in [9.17, 15) is 4.79 Å². The maximum atomic E-state index is 11.9. The first-order valence-corrected chi connectivity index (χ1v) is 10.0. The molecule has 2 atom stereocenters. The van der Waals surface area contributed by atoms with E-state index < -0.39 is 0 Å². The summed E-state index contributed by atoms with van der Waals surface area (Å²) in [6, 6.07) is 3.93. The summed E-state index contributed by atoms with van der Waals surface area (Å²) in [5, 5.41) is 7.94. The van der Waals surface area contributed by atoms with Crippen LogP contribution in [0.5, 0.6) is 0 Å². The minimum atomic E-state index is -0.0809. The van der Waals surface area contributed by atoms with E-state index in [1.165, 1.54) is 4.68 Å². The first-order chi connectivity index (χ1) is 13.5. The zero-order valence-corrected chi connectivity index (χ0v) is 16.8. The fourth-order valence-electron chi connectivity index (χ4n) is 4.09. The molecule has 0 unspecified atom stereocenters. The summed E-state index contributed by atoms with van der Waals surface area (Å²) in [7, 11) is 1.69. The molecule has 0 saturated carbocycles. The van der Waals surface area contributed by atoms with Crippen LogP contribution in [0.2, 0.25) is 0 Å². The number of nitrogens with zero attached hydrogens (tertiary/aromatic N) is 5. The fourth-order valence-corrected chi connectivity index (χ4v) is 4.09. The zero-order valence-electron chi connectivity index (χ0n) is 16.8. The van der Waals surface area contributed by atoms with Gasteiger partial charge in [0.1, 0.15) is 18.0 Å². The van der Waals surface area contributed by atoms with Gasteiger partial charge in [0.15, 0.2) is 0 Å². The predicted octanol–water partition coefficient (Wildman–Crippen LogP) is 1.75. The quantitative estimate of drug-likeness (QED) is 0.859. The number of rotatable bonds is 4. The van der Waals surface area contributed by atoms with Crippen LogP contribution in [0.1, 0.15) is 37.9 Å². The molecule has 1 N–H and O–H groups in total. The van der Waals surface area contributed by atoms with E-state index in [1.807, 2.05) is 6.07 Å². The molecule has 1 saturated heterocycles. The number of hydrogen-bond acceptors (Lipinski definition) is 7. The van der Waals surface area contributed by atoms with Crippen LogP contribution in [0.15, 0.2) is 23.3 Å². The minimum Gasteiger partial charge on any atom is -0.376 e. The van der Waals surface area contributed by atoms with Crippen molar-refractivity contribution in [3.05, 3.63) is 40.1 Å². The molecule has 0 aliphatic carbocycles. The molecule has 0 radical (unpaired) electrons. The number of fused-ring (bicyclic) bond motifs is 1. The maximum absolute atomic E-state index is 11.9. The number of anilines is 2. The average molecular weight is 384 g/mol. The fraction of sp³-hybridized carbons (Fsp3) is 0.600. The molecule has 28 heavy (non-hydrogen) atoms. The van der Waals surface area contributed by atoms with Crippen molar-refractivity contribution in [2.45, 2.75) is 51.8 Å². The van der Waals surface area contributed by atoms with Gasteiger partial charge in [-0.15, -0.1) is 0 Å². The molecule has 2 aliphatic rings. The lowest BCUT2D eigenvalue weighted by molar-refractivity contribution is -0.0203.